The van der Waals surface area contributed by atoms with Crippen LogP contribution in [0.5, 0.6) is 0 Å². The maximum atomic E-state index is 12.2. The standard InChI is InChI=1S/C15H23N5O/c1-19-7-4-12(11-19)15(21)18-14-3-2-13(10-17-14)20-8-5-16-6-9-20/h2-3,10,12,16H,4-9,11H2,1H3,(H,17,18,21)/t12-/m0/s1. The monoisotopic (exact) mass is 289 g/mol. The predicted octanol–water partition coefficient (Wildman–Crippen LogP) is 0.381. The Labute approximate surface area is 125 Å². The molecular formula is C15H23N5O. The molecule has 1 atom stereocenters. The lowest BCUT2D eigenvalue weighted by molar-refractivity contribution is -0.119. The molecule has 1 aromatic heterocycles. The molecule has 2 aliphatic heterocycles. The normalized spacial score (nSPS) is 23.3. The summed E-state index contributed by atoms with van der Waals surface area (Å²) in [6.45, 7) is 5.85. The van der Waals surface area contributed by atoms with Crippen molar-refractivity contribution in [3.8, 4) is 0 Å². The van der Waals surface area contributed by atoms with Gasteiger partial charge in [0.25, 0.3) is 0 Å². The lowest BCUT2D eigenvalue weighted by atomic mass is 10.1. The first-order chi connectivity index (χ1) is 10.2. The number of nitrogens with one attached hydrogen (secondary N) is 2. The van der Waals surface area contributed by atoms with E-state index in [0.29, 0.717) is 5.82 Å². The maximum Gasteiger partial charge on any atom is 0.229 e. The zero-order chi connectivity index (χ0) is 14.7. The van der Waals surface area contributed by atoms with Crippen molar-refractivity contribution in [3.05, 3.63) is 18.3 Å². The molecule has 2 saturated heterocycles. The summed E-state index contributed by atoms with van der Waals surface area (Å²) in [5, 5.41) is 6.26. The van der Waals surface area contributed by atoms with Gasteiger partial charge in [-0.1, -0.05) is 0 Å². The van der Waals surface area contributed by atoms with Crippen LogP contribution in [0.4, 0.5) is 11.5 Å². The number of amides is 1. The van der Waals surface area contributed by atoms with E-state index in [9.17, 15) is 4.79 Å². The van der Waals surface area contributed by atoms with E-state index in [1.807, 2.05) is 25.4 Å². The van der Waals surface area contributed by atoms with Gasteiger partial charge in [0.05, 0.1) is 17.8 Å². The molecule has 0 radical (unpaired) electrons. The van der Waals surface area contributed by atoms with Gasteiger partial charge in [0.15, 0.2) is 0 Å². The molecule has 1 amide bonds. The fourth-order valence-electron chi connectivity index (χ4n) is 2.95. The minimum absolute atomic E-state index is 0.0850. The highest BCUT2D eigenvalue weighted by molar-refractivity contribution is 5.92. The quantitative estimate of drug-likeness (QED) is 0.842. The number of anilines is 2. The number of carbonyl (C=O) groups is 1. The summed E-state index contributed by atoms with van der Waals surface area (Å²) in [5.74, 6) is 0.819. The molecule has 0 spiro atoms. The molecule has 2 fully saturated rings. The van der Waals surface area contributed by atoms with Gasteiger partial charge in [-0.2, -0.15) is 0 Å². The highest BCUT2D eigenvalue weighted by Crippen LogP contribution is 2.18. The number of carbonyl (C=O) groups excluding carboxylic acids is 1. The van der Waals surface area contributed by atoms with Gasteiger partial charge in [0, 0.05) is 32.7 Å². The first-order valence-corrected chi connectivity index (χ1v) is 7.63. The first kappa shape index (κ1) is 14.3. The van der Waals surface area contributed by atoms with Gasteiger partial charge in [0.1, 0.15) is 5.82 Å². The van der Waals surface area contributed by atoms with E-state index in [-0.39, 0.29) is 11.8 Å². The summed E-state index contributed by atoms with van der Waals surface area (Å²) in [6, 6.07) is 3.93. The maximum absolute atomic E-state index is 12.2. The van der Waals surface area contributed by atoms with Crippen molar-refractivity contribution in [2.45, 2.75) is 6.42 Å². The predicted molar refractivity (Wildman–Crippen MR) is 83.6 cm³/mol. The smallest absolute Gasteiger partial charge is 0.229 e. The Hall–Kier alpha value is -1.66. The average Bonchev–Trinajstić information content (AvgIpc) is 2.96. The number of aromatic nitrogens is 1. The number of likely N-dealkylation sites (tertiary alicyclic amines) is 1. The zero-order valence-electron chi connectivity index (χ0n) is 12.5. The van der Waals surface area contributed by atoms with Gasteiger partial charge in [-0.15, -0.1) is 0 Å². The molecule has 3 heterocycles. The van der Waals surface area contributed by atoms with Crippen LogP contribution in [0.25, 0.3) is 0 Å². The molecule has 6 heteroatoms. The van der Waals surface area contributed by atoms with E-state index in [2.05, 4.69) is 25.4 Å². The van der Waals surface area contributed by atoms with Crippen LogP contribution in [0.15, 0.2) is 18.3 Å². The number of piperazine rings is 1. The van der Waals surface area contributed by atoms with Crippen molar-refractivity contribution in [1.29, 1.82) is 0 Å². The van der Waals surface area contributed by atoms with Crippen LogP contribution in [0.1, 0.15) is 6.42 Å². The van der Waals surface area contributed by atoms with Crippen molar-refractivity contribution in [3.63, 3.8) is 0 Å². The Morgan fingerprint density at radius 1 is 1.33 bits per heavy atom. The van der Waals surface area contributed by atoms with Crippen molar-refractivity contribution >= 4 is 17.4 Å². The summed E-state index contributed by atoms with van der Waals surface area (Å²) in [7, 11) is 2.05. The van der Waals surface area contributed by atoms with Crippen molar-refractivity contribution in [1.82, 2.24) is 15.2 Å². The van der Waals surface area contributed by atoms with Crippen LogP contribution in [0.3, 0.4) is 0 Å². The van der Waals surface area contributed by atoms with E-state index in [4.69, 9.17) is 0 Å². The van der Waals surface area contributed by atoms with E-state index in [1.54, 1.807) is 0 Å². The molecule has 114 valence electrons. The van der Waals surface area contributed by atoms with Gasteiger partial charge in [-0.3, -0.25) is 4.79 Å². The van der Waals surface area contributed by atoms with Gasteiger partial charge >= 0.3 is 0 Å². The summed E-state index contributed by atoms with van der Waals surface area (Å²) < 4.78 is 0. The van der Waals surface area contributed by atoms with Gasteiger partial charge in [0.2, 0.25) is 5.91 Å². The summed E-state index contributed by atoms with van der Waals surface area (Å²) in [6.07, 6.45) is 2.78. The molecule has 2 aliphatic rings. The summed E-state index contributed by atoms with van der Waals surface area (Å²) in [4.78, 5) is 21.0. The highest BCUT2D eigenvalue weighted by atomic mass is 16.2. The van der Waals surface area contributed by atoms with Gasteiger partial charge in [-0.05, 0) is 32.1 Å². The lowest BCUT2D eigenvalue weighted by Gasteiger charge is -2.29. The summed E-state index contributed by atoms with van der Waals surface area (Å²) >= 11 is 0. The molecule has 6 nitrogen and oxygen atoms in total. The third-order valence-electron chi connectivity index (χ3n) is 4.24. The largest absolute Gasteiger partial charge is 0.368 e. The van der Waals surface area contributed by atoms with Crippen LogP contribution in [-0.4, -0.2) is 62.1 Å². The average molecular weight is 289 g/mol. The van der Waals surface area contributed by atoms with E-state index in [1.165, 1.54) is 0 Å². The molecule has 1 aromatic rings. The number of rotatable bonds is 3. The molecule has 0 saturated carbocycles. The van der Waals surface area contributed by atoms with Crippen molar-refractivity contribution in [2.24, 2.45) is 5.92 Å². The molecular weight excluding hydrogens is 266 g/mol. The van der Waals surface area contributed by atoms with Crippen LogP contribution in [0, 0.1) is 5.92 Å². The molecule has 0 unspecified atom stereocenters. The fraction of sp³-hybridized carbons (Fsp3) is 0.600. The molecule has 21 heavy (non-hydrogen) atoms. The zero-order valence-corrected chi connectivity index (χ0v) is 12.5. The van der Waals surface area contributed by atoms with Gasteiger partial charge < -0.3 is 20.4 Å². The second-order valence-corrected chi connectivity index (χ2v) is 5.88. The number of nitrogens with zero attached hydrogens (tertiary/aromatic N) is 3. The molecule has 3 rings (SSSR count). The number of pyridine rings is 1. The Morgan fingerprint density at radius 3 is 2.76 bits per heavy atom. The highest BCUT2D eigenvalue weighted by Gasteiger charge is 2.26. The summed E-state index contributed by atoms with van der Waals surface area (Å²) in [5.41, 5.74) is 1.12. The third kappa shape index (κ3) is 3.51. The Balaban J connectivity index is 1.57. The first-order valence-electron chi connectivity index (χ1n) is 7.63. The number of hydrogen-bond donors (Lipinski definition) is 2. The fourth-order valence-corrected chi connectivity index (χ4v) is 2.95. The molecule has 0 aromatic carbocycles. The second-order valence-electron chi connectivity index (χ2n) is 5.88. The van der Waals surface area contributed by atoms with Crippen molar-refractivity contribution < 1.29 is 4.79 Å². The Bertz CT molecular complexity index is 483. The van der Waals surface area contributed by atoms with E-state index < -0.39 is 0 Å². The molecule has 0 aliphatic carbocycles. The van der Waals surface area contributed by atoms with Gasteiger partial charge in [-0.25, -0.2) is 4.98 Å². The molecule has 2 N–H and O–H groups in total. The lowest BCUT2D eigenvalue weighted by Crippen LogP contribution is -2.43. The van der Waals surface area contributed by atoms with E-state index >= 15 is 0 Å². The van der Waals surface area contributed by atoms with Crippen molar-refractivity contribution in [2.75, 3.05) is 56.5 Å². The minimum atomic E-state index is 0.0850. The van der Waals surface area contributed by atoms with Crippen LogP contribution >= 0.6 is 0 Å². The van der Waals surface area contributed by atoms with Crippen LogP contribution in [-0.2, 0) is 4.79 Å². The minimum Gasteiger partial charge on any atom is -0.368 e. The van der Waals surface area contributed by atoms with Crippen LogP contribution in [0.2, 0.25) is 0 Å². The Kier molecular flexibility index (Phi) is 4.36. The SMILES string of the molecule is CN1CC[C@H](C(=O)Nc2ccc(N3CCNCC3)cn2)C1. The second kappa shape index (κ2) is 6.41. The third-order valence-corrected chi connectivity index (χ3v) is 4.24. The topological polar surface area (TPSA) is 60.5 Å². The number of hydrogen-bond acceptors (Lipinski definition) is 5. The molecule has 0 bridgehead atoms. The van der Waals surface area contributed by atoms with Crippen LogP contribution < -0.4 is 15.5 Å². The van der Waals surface area contributed by atoms with E-state index in [0.717, 1.165) is 51.4 Å². The Morgan fingerprint density at radius 2 is 2.14 bits per heavy atom.